The van der Waals surface area contributed by atoms with Crippen LogP contribution in [0.25, 0.3) is 0 Å². The van der Waals surface area contributed by atoms with Crippen LogP contribution in [0.3, 0.4) is 0 Å². The van der Waals surface area contributed by atoms with Gasteiger partial charge in [-0.1, -0.05) is 18.1 Å². The van der Waals surface area contributed by atoms with E-state index in [2.05, 4.69) is 15.2 Å². The summed E-state index contributed by atoms with van der Waals surface area (Å²) in [5.41, 5.74) is 2.23. The van der Waals surface area contributed by atoms with Gasteiger partial charge in [0.2, 0.25) is 5.91 Å². The minimum Gasteiger partial charge on any atom is -0.475 e. The Morgan fingerprint density at radius 1 is 1.26 bits per heavy atom. The second kappa shape index (κ2) is 10.9. The van der Waals surface area contributed by atoms with E-state index in [1.165, 1.54) is 25.7 Å². The van der Waals surface area contributed by atoms with Crippen LogP contribution in [0.4, 0.5) is 13.2 Å². The summed E-state index contributed by atoms with van der Waals surface area (Å²) < 4.78 is 39.3. The Bertz CT molecular complexity index is 747. The van der Waals surface area contributed by atoms with Crippen molar-refractivity contribution in [3.05, 3.63) is 11.4 Å². The smallest absolute Gasteiger partial charge is 0.475 e. The van der Waals surface area contributed by atoms with Gasteiger partial charge in [0.15, 0.2) is 0 Å². The molecule has 2 heterocycles. The average Bonchev–Trinajstić information content (AvgIpc) is 3.31. The van der Waals surface area contributed by atoms with Crippen molar-refractivity contribution in [3.63, 3.8) is 0 Å². The van der Waals surface area contributed by atoms with Crippen molar-refractivity contribution < 1.29 is 32.6 Å². The lowest BCUT2D eigenvalue weighted by Gasteiger charge is -2.33. The number of amides is 1. The number of carbonyl (C=O) groups excluding carboxylic acids is 1. The maximum Gasteiger partial charge on any atom is 0.490 e. The number of aryl methyl sites for hydroxylation is 1. The van der Waals surface area contributed by atoms with Gasteiger partial charge >= 0.3 is 12.1 Å². The molecule has 1 aliphatic heterocycles. The number of aliphatic carboxylic acids is 1. The van der Waals surface area contributed by atoms with Crippen LogP contribution in [-0.2, 0) is 27.9 Å². The Kier molecular flexibility index (Phi) is 8.80. The van der Waals surface area contributed by atoms with Crippen molar-refractivity contribution >= 4 is 11.9 Å². The van der Waals surface area contributed by atoms with E-state index in [0.717, 1.165) is 36.9 Å². The molecular weight excluding hydrogens is 419 g/mol. The SMILES string of the molecule is CN(C)C(=O)COCC1CN(CC2CCCC2)Cc2nnn(C)c21.O=C(O)C(F)(F)F. The van der Waals surface area contributed by atoms with Crippen LogP contribution in [0.5, 0.6) is 0 Å². The van der Waals surface area contributed by atoms with Crippen molar-refractivity contribution in [3.8, 4) is 0 Å². The highest BCUT2D eigenvalue weighted by Crippen LogP contribution is 2.31. The van der Waals surface area contributed by atoms with E-state index in [4.69, 9.17) is 14.6 Å². The number of carboxylic acid groups (broad SMARTS) is 1. The van der Waals surface area contributed by atoms with Crippen LogP contribution in [-0.4, -0.2) is 88.4 Å². The molecule has 1 aliphatic carbocycles. The average molecular weight is 449 g/mol. The van der Waals surface area contributed by atoms with Gasteiger partial charge in [0, 0.05) is 46.7 Å². The molecule has 9 nitrogen and oxygen atoms in total. The zero-order chi connectivity index (χ0) is 23.2. The first-order valence-corrected chi connectivity index (χ1v) is 10.2. The number of carboxylic acids is 1. The molecule has 3 rings (SSSR count). The lowest BCUT2D eigenvalue weighted by atomic mass is 9.97. The molecule has 1 fully saturated rings. The molecule has 1 N–H and O–H groups in total. The maximum atomic E-state index is 11.7. The number of aromatic nitrogens is 3. The van der Waals surface area contributed by atoms with Gasteiger partial charge in [0.25, 0.3) is 0 Å². The van der Waals surface area contributed by atoms with E-state index < -0.39 is 12.1 Å². The predicted octanol–water partition coefficient (Wildman–Crippen LogP) is 1.64. The topological polar surface area (TPSA) is 101 Å². The summed E-state index contributed by atoms with van der Waals surface area (Å²) >= 11 is 0. The Morgan fingerprint density at radius 3 is 2.42 bits per heavy atom. The number of alkyl halides is 3. The second-order valence-corrected chi connectivity index (χ2v) is 8.19. The minimum absolute atomic E-state index is 0.00280. The highest BCUT2D eigenvalue weighted by Gasteiger charge is 2.38. The molecule has 0 bridgehead atoms. The molecule has 0 radical (unpaired) electrons. The van der Waals surface area contributed by atoms with E-state index in [1.807, 2.05) is 11.7 Å². The first-order valence-electron chi connectivity index (χ1n) is 10.2. The van der Waals surface area contributed by atoms with Crippen LogP contribution in [0, 0.1) is 5.92 Å². The number of ether oxygens (including phenoxy) is 1. The fraction of sp³-hybridized carbons (Fsp3) is 0.789. The van der Waals surface area contributed by atoms with Gasteiger partial charge in [-0.25, -0.2) is 4.79 Å². The van der Waals surface area contributed by atoms with Gasteiger partial charge in [-0.3, -0.25) is 14.4 Å². The highest BCUT2D eigenvalue weighted by molar-refractivity contribution is 5.76. The lowest BCUT2D eigenvalue weighted by Crippen LogP contribution is -2.39. The number of nitrogens with zero attached hydrogens (tertiary/aromatic N) is 5. The van der Waals surface area contributed by atoms with Gasteiger partial charge in [-0.15, -0.1) is 5.10 Å². The van der Waals surface area contributed by atoms with Crippen LogP contribution in [0.2, 0.25) is 0 Å². The van der Waals surface area contributed by atoms with E-state index in [1.54, 1.807) is 19.0 Å². The van der Waals surface area contributed by atoms with Crippen molar-refractivity contribution in [2.45, 2.75) is 44.3 Å². The minimum atomic E-state index is -5.08. The molecule has 1 saturated carbocycles. The number of fused-ring (bicyclic) bond motifs is 1. The number of halogens is 3. The highest BCUT2D eigenvalue weighted by atomic mass is 19.4. The van der Waals surface area contributed by atoms with Gasteiger partial charge in [-0.05, 0) is 18.8 Å². The molecule has 2 aliphatic rings. The van der Waals surface area contributed by atoms with Crippen molar-refractivity contribution in [1.82, 2.24) is 24.8 Å². The second-order valence-electron chi connectivity index (χ2n) is 8.19. The molecule has 1 aromatic rings. The Balaban J connectivity index is 0.000000423. The summed E-state index contributed by atoms with van der Waals surface area (Å²) in [7, 11) is 5.44. The van der Waals surface area contributed by atoms with Gasteiger partial charge in [0.05, 0.1) is 12.3 Å². The molecule has 1 atom stereocenters. The number of hydrogen-bond donors (Lipinski definition) is 1. The first kappa shape index (κ1) is 25.1. The van der Waals surface area contributed by atoms with Gasteiger partial charge in [-0.2, -0.15) is 13.2 Å². The van der Waals surface area contributed by atoms with Crippen molar-refractivity contribution in [2.24, 2.45) is 13.0 Å². The first-order chi connectivity index (χ1) is 14.5. The molecular formula is C19H30F3N5O4. The fourth-order valence-electron chi connectivity index (χ4n) is 3.94. The molecule has 0 aromatic carbocycles. The summed E-state index contributed by atoms with van der Waals surface area (Å²) in [5, 5.41) is 15.7. The monoisotopic (exact) mass is 449 g/mol. The van der Waals surface area contributed by atoms with Crippen LogP contribution >= 0.6 is 0 Å². The zero-order valence-corrected chi connectivity index (χ0v) is 18.1. The maximum absolute atomic E-state index is 11.7. The third-order valence-corrected chi connectivity index (χ3v) is 5.46. The van der Waals surface area contributed by atoms with Gasteiger partial charge in [0.1, 0.15) is 12.3 Å². The number of likely N-dealkylation sites (N-methyl/N-ethyl adjacent to an activating group) is 1. The van der Waals surface area contributed by atoms with Crippen LogP contribution in [0.15, 0.2) is 0 Å². The molecule has 1 amide bonds. The summed E-state index contributed by atoms with van der Waals surface area (Å²) in [6, 6.07) is 0. The standard InChI is InChI=1S/C17H29N5O2.C2HF3O2/c1-20(2)16(23)12-24-11-14-9-22(8-13-6-4-5-7-13)10-15-17(14)21(3)19-18-15;3-2(4,5)1(6)7/h13-14H,4-12H2,1-3H3;(H,6,7). The van der Waals surface area contributed by atoms with Crippen molar-refractivity contribution in [1.29, 1.82) is 0 Å². The Morgan fingerprint density at radius 2 is 1.87 bits per heavy atom. The third-order valence-electron chi connectivity index (χ3n) is 5.46. The molecule has 0 saturated heterocycles. The molecule has 0 spiro atoms. The molecule has 1 unspecified atom stereocenters. The molecule has 176 valence electrons. The third kappa shape index (κ3) is 7.46. The Hall–Kier alpha value is -2.21. The van der Waals surface area contributed by atoms with E-state index >= 15 is 0 Å². The van der Waals surface area contributed by atoms with E-state index in [-0.39, 0.29) is 18.4 Å². The molecule has 12 heteroatoms. The predicted molar refractivity (Wildman–Crippen MR) is 104 cm³/mol. The quantitative estimate of drug-likeness (QED) is 0.705. The lowest BCUT2D eigenvalue weighted by molar-refractivity contribution is -0.192. The normalized spacial score (nSPS) is 19.5. The summed E-state index contributed by atoms with van der Waals surface area (Å²) in [6.45, 7) is 3.65. The summed E-state index contributed by atoms with van der Waals surface area (Å²) in [5.74, 6) is -1.71. The van der Waals surface area contributed by atoms with Crippen molar-refractivity contribution in [2.75, 3.05) is 40.4 Å². The zero-order valence-electron chi connectivity index (χ0n) is 18.1. The van der Waals surface area contributed by atoms with Gasteiger partial charge < -0.3 is 14.7 Å². The largest absolute Gasteiger partial charge is 0.490 e. The molecule has 1 aromatic heterocycles. The number of carbonyl (C=O) groups is 2. The van der Waals surface area contributed by atoms with E-state index in [0.29, 0.717) is 6.61 Å². The summed E-state index contributed by atoms with van der Waals surface area (Å²) in [4.78, 5) is 24.7. The van der Waals surface area contributed by atoms with Crippen LogP contribution < -0.4 is 0 Å². The number of hydrogen-bond acceptors (Lipinski definition) is 6. The molecule has 31 heavy (non-hydrogen) atoms. The summed E-state index contributed by atoms with van der Waals surface area (Å²) in [6.07, 6.45) is 0.354. The fourth-order valence-corrected chi connectivity index (χ4v) is 3.94. The number of rotatable bonds is 6. The van der Waals surface area contributed by atoms with Crippen LogP contribution in [0.1, 0.15) is 43.0 Å². The van der Waals surface area contributed by atoms with E-state index in [9.17, 15) is 18.0 Å². The Labute approximate surface area is 179 Å².